The highest BCUT2D eigenvalue weighted by atomic mass is 35.5. The molecule has 138 valence electrons. The van der Waals surface area contributed by atoms with Crippen LogP contribution in [0.1, 0.15) is 43.4 Å². The molecule has 0 radical (unpaired) electrons. The van der Waals surface area contributed by atoms with Gasteiger partial charge in [-0.25, -0.2) is 0 Å². The van der Waals surface area contributed by atoms with Crippen LogP contribution in [0.25, 0.3) is 0 Å². The third kappa shape index (κ3) is 4.92. The Morgan fingerprint density at radius 2 is 2.08 bits per heavy atom. The summed E-state index contributed by atoms with van der Waals surface area (Å²) in [5, 5.41) is 3.73. The maximum absolute atomic E-state index is 12.3. The van der Waals surface area contributed by atoms with Gasteiger partial charge in [-0.15, -0.1) is 0 Å². The van der Waals surface area contributed by atoms with Gasteiger partial charge in [0.15, 0.2) is 0 Å². The van der Waals surface area contributed by atoms with Gasteiger partial charge in [0.2, 0.25) is 5.91 Å². The first kappa shape index (κ1) is 18.6. The molecule has 0 fully saturated rings. The predicted molar refractivity (Wildman–Crippen MR) is 103 cm³/mol. The average Bonchev–Trinajstić information content (AvgIpc) is 2.66. The first-order chi connectivity index (χ1) is 12.7. The molecule has 1 unspecified atom stereocenters. The van der Waals surface area contributed by atoms with Gasteiger partial charge >= 0.3 is 0 Å². The van der Waals surface area contributed by atoms with Crippen LogP contribution in [-0.2, 0) is 11.2 Å². The van der Waals surface area contributed by atoms with Gasteiger partial charge in [0.05, 0.1) is 19.3 Å². The Morgan fingerprint density at radius 1 is 1.27 bits per heavy atom. The van der Waals surface area contributed by atoms with Crippen LogP contribution in [0.4, 0.5) is 0 Å². The van der Waals surface area contributed by atoms with Crippen molar-refractivity contribution in [1.82, 2.24) is 5.32 Å². The molecule has 0 aromatic heterocycles. The molecule has 0 spiro atoms. The van der Waals surface area contributed by atoms with E-state index >= 15 is 0 Å². The topological polar surface area (TPSA) is 47.6 Å². The minimum atomic E-state index is -0.0487. The fourth-order valence-electron chi connectivity index (χ4n) is 3.03. The Kier molecular flexibility index (Phi) is 6.40. The number of carbonyl (C=O) groups excluding carboxylic acids is 1. The van der Waals surface area contributed by atoms with Crippen LogP contribution in [0.2, 0.25) is 5.02 Å². The van der Waals surface area contributed by atoms with Crippen molar-refractivity contribution in [2.45, 2.75) is 38.6 Å². The molecule has 1 aliphatic heterocycles. The van der Waals surface area contributed by atoms with Crippen molar-refractivity contribution in [2.24, 2.45) is 0 Å². The van der Waals surface area contributed by atoms with Crippen molar-refractivity contribution in [3.8, 4) is 11.5 Å². The molecule has 2 aromatic rings. The van der Waals surface area contributed by atoms with E-state index in [-0.39, 0.29) is 11.9 Å². The van der Waals surface area contributed by atoms with Gasteiger partial charge in [-0.3, -0.25) is 4.79 Å². The molecule has 1 aliphatic rings. The van der Waals surface area contributed by atoms with E-state index in [1.165, 1.54) is 5.56 Å². The summed E-state index contributed by atoms with van der Waals surface area (Å²) in [5.41, 5.74) is 2.23. The number of fused-ring (bicyclic) bond motifs is 1. The number of nitrogens with one attached hydrogen (secondary N) is 1. The number of halogens is 1. The van der Waals surface area contributed by atoms with Crippen LogP contribution in [-0.4, -0.2) is 19.1 Å². The molecule has 0 saturated carbocycles. The SMILES string of the molecule is CCc1ccc(OCCCC(=O)NC2CCOc3ccc(Cl)cc32)cc1. The van der Waals surface area contributed by atoms with Crippen LogP contribution in [0.15, 0.2) is 42.5 Å². The number of ether oxygens (including phenoxy) is 2. The largest absolute Gasteiger partial charge is 0.494 e. The minimum absolute atomic E-state index is 0.0211. The molecule has 1 amide bonds. The van der Waals surface area contributed by atoms with E-state index in [0.29, 0.717) is 31.1 Å². The van der Waals surface area contributed by atoms with Crippen molar-refractivity contribution in [2.75, 3.05) is 13.2 Å². The summed E-state index contributed by atoms with van der Waals surface area (Å²) in [6.45, 7) is 3.24. The molecule has 1 atom stereocenters. The van der Waals surface area contributed by atoms with E-state index in [1.54, 1.807) is 6.07 Å². The van der Waals surface area contributed by atoms with Gasteiger partial charge in [-0.2, -0.15) is 0 Å². The molecule has 0 aliphatic carbocycles. The summed E-state index contributed by atoms with van der Waals surface area (Å²) in [4.78, 5) is 12.3. The van der Waals surface area contributed by atoms with Crippen molar-refractivity contribution < 1.29 is 14.3 Å². The summed E-state index contributed by atoms with van der Waals surface area (Å²) in [7, 11) is 0. The van der Waals surface area contributed by atoms with Crippen LogP contribution in [0.5, 0.6) is 11.5 Å². The number of hydrogen-bond donors (Lipinski definition) is 1. The van der Waals surface area contributed by atoms with Crippen LogP contribution < -0.4 is 14.8 Å². The van der Waals surface area contributed by atoms with Crippen LogP contribution in [0, 0.1) is 0 Å². The minimum Gasteiger partial charge on any atom is -0.494 e. The maximum atomic E-state index is 12.3. The highest BCUT2D eigenvalue weighted by molar-refractivity contribution is 6.30. The third-order valence-corrected chi connectivity index (χ3v) is 4.73. The predicted octanol–water partition coefficient (Wildman–Crippen LogP) is 4.70. The van der Waals surface area contributed by atoms with E-state index in [1.807, 2.05) is 24.3 Å². The quantitative estimate of drug-likeness (QED) is 0.715. The molecule has 2 aromatic carbocycles. The molecule has 5 heteroatoms. The highest BCUT2D eigenvalue weighted by Crippen LogP contribution is 2.34. The summed E-state index contributed by atoms with van der Waals surface area (Å²) in [6.07, 6.45) is 2.87. The number of carbonyl (C=O) groups is 1. The monoisotopic (exact) mass is 373 g/mol. The summed E-state index contributed by atoms with van der Waals surface area (Å²) in [6, 6.07) is 13.5. The molecule has 1 N–H and O–H groups in total. The van der Waals surface area contributed by atoms with Crippen molar-refractivity contribution in [3.63, 3.8) is 0 Å². The summed E-state index contributed by atoms with van der Waals surface area (Å²) < 4.78 is 11.3. The maximum Gasteiger partial charge on any atom is 0.220 e. The zero-order valence-corrected chi connectivity index (χ0v) is 15.7. The van der Waals surface area contributed by atoms with E-state index in [0.717, 1.165) is 29.9 Å². The highest BCUT2D eigenvalue weighted by Gasteiger charge is 2.23. The number of rotatable bonds is 7. The van der Waals surface area contributed by atoms with Gasteiger partial charge in [0.1, 0.15) is 11.5 Å². The standard InChI is InChI=1S/C21H24ClNO3/c1-2-15-5-8-17(9-6-15)25-12-3-4-21(24)23-19-11-13-26-20-10-7-16(22)14-18(19)20/h5-10,14,19H,2-4,11-13H2,1H3,(H,23,24). The second-order valence-corrected chi connectivity index (χ2v) is 6.83. The molecule has 4 nitrogen and oxygen atoms in total. The molecule has 26 heavy (non-hydrogen) atoms. The second kappa shape index (κ2) is 8.95. The molecule has 1 heterocycles. The lowest BCUT2D eigenvalue weighted by molar-refractivity contribution is -0.122. The average molecular weight is 374 g/mol. The van der Waals surface area contributed by atoms with Crippen molar-refractivity contribution in [3.05, 3.63) is 58.6 Å². The Morgan fingerprint density at radius 3 is 2.85 bits per heavy atom. The van der Waals surface area contributed by atoms with Crippen LogP contribution in [0.3, 0.4) is 0 Å². The number of benzene rings is 2. The van der Waals surface area contributed by atoms with Crippen LogP contribution >= 0.6 is 11.6 Å². The first-order valence-corrected chi connectivity index (χ1v) is 9.47. The van der Waals surface area contributed by atoms with E-state index in [4.69, 9.17) is 21.1 Å². The number of aryl methyl sites for hydroxylation is 1. The van der Waals surface area contributed by atoms with Gasteiger partial charge < -0.3 is 14.8 Å². The van der Waals surface area contributed by atoms with E-state index in [2.05, 4.69) is 24.4 Å². The summed E-state index contributed by atoms with van der Waals surface area (Å²) >= 11 is 6.07. The fourth-order valence-corrected chi connectivity index (χ4v) is 3.21. The molecular formula is C21H24ClNO3. The Balaban J connectivity index is 1.44. The van der Waals surface area contributed by atoms with Crippen molar-refractivity contribution >= 4 is 17.5 Å². The normalized spacial score (nSPS) is 15.7. The molecule has 3 rings (SSSR count). The molecule has 0 saturated heterocycles. The molecular weight excluding hydrogens is 350 g/mol. The lowest BCUT2D eigenvalue weighted by Crippen LogP contribution is -2.32. The number of hydrogen-bond acceptors (Lipinski definition) is 3. The van der Waals surface area contributed by atoms with E-state index < -0.39 is 0 Å². The first-order valence-electron chi connectivity index (χ1n) is 9.09. The Bertz CT molecular complexity index is 745. The van der Waals surface area contributed by atoms with Gasteiger partial charge in [-0.1, -0.05) is 30.7 Å². The Hall–Kier alpha value is -2.20. The Labute approximate surface area is 159 Å². The lowest BCUT2D eigenvalue weighted by atomic mass is 10.0. The van der Waals surface area contributed by atoms with Gasteiger partial charge in [0.25, 0.3) is 0 Å². The zero-order valence-electron chi connectivity index (χ0n) is 15.0. The van der Waals surface area contributed by atoms with E-state index in [9.17, 15) is 4.79 Å². The smallest absolute Gasteiger partial charge is 0.220 e. The van der Waals surface area contributed by atoms with Crippen molar-refractivity contribution in [1.29, 1.82) is 0 Å². The second-order valence-electron chi connectivity index (χ2n) is 6.39. The van der Waals surface area contributed by atoms with Gasteiger partial charge in [0, 0.05) is 23.4 Å². The number of amides is 1. The third-order valence-electron chi connectivity index (χ3n) is 4.50. The lowest BCUT2D eigenvalue weighted by Gasteiger charge is -2.27. The zero-order chi connectivity index (χ0) is 18.4. The molecule has 0 bridgehead atoms. The summed E-state index contributed by atoms with van der Waals surface area (Å²) in [5.74, 6) is 1.66. The van der Waals surface area contributed by atoms with Gasteiger partial charge in [-0.05, 0) is 48.7 Å². The fraction of sp³-hybridized carbons (Fsp3) is 0.381.